The van der Waals surface area contributed by atoms with Crippen LogP contribution < -0.4 is 0 Å². The molecule has 0 saturated carbocycles. The second kappa shape index (κ2) is 26.1. The first-order valence-corrected chi connectivity index (χ1v) is 0. The van der Waals surface area contributed by atoms with Crippen molar-refractivity contribution in [1.82, 2.24) is 0 Å². The topological polar surface area (TPSA) is 28.5 Å². The molecule has 0 aromatic rings. The van der Waals surface area contributed by atoms with Crippen LogP contribution in [0, 0.1) is 0 Å². The molecule has 23 valence electrons. The van der Waals surface area contributed by atoms with Gasteiger partial charge in [-0.2, -0.15) is 0 Å². The molecule has 0 fully saturated rings. The molecule has 1 nitrogen and oxygen atoms in total. The van der Waals surface area contributed by atoms with E-state index in [2.05, 4.69) is 0 Å². The third kappa shape index (κ3) is 18.6. The first-order chi connectivity index (χ1) is 0. The fourth-order valence-corrected chi connectivity index (χ4v) is 0. The second-order valence-corrected chi connectivity index (χ2v) is 0. The van der Waals surface area contributed by atoms with Gasteiger partial charge < -0.3 is 5.48 Å². The van der Waals surface area contributed by atoms with Crippen molar-refractivity contribution in [3.63, 3.8) is 0 Å². The normalized spacial score (nSPS) is 0. The maximum Gasteiger partial charge on any atom is 3.00 e. The van der Waals surface area contributed by atoms with E-state index in [9.17, 15) is 0 Å². The van der Waals surface area contributed by atoms with Gasteiger partial charge in [0.15, 0.2) is 0 Å². The first kappa shape index (κ1) is 39.5. The third-order valence-corrected chi connectivity index (χ3v) is 0. The molecule has 5 heavy (non-hydrogen) atoms. The summed E-state index contributed by atoms with van der Waals surface area (Å²) in [4.78, 5) is 0. The van der Waals surface area contributed by atoms with E-state index in [4.69, 9.17) is 0 Å². The molecule has 0 aromatic carbocycles. The van der Waals surface area contributed by atoms with Crippen LogP contribution in [0.2, 0.25) is 0 Å². The molecule has 0 spiro atoms. The molecule has 0 N–H and O–H groups in total. The van der Waals surface area contributed by atoms with Gasteiger partial charge in [-0.05, 0) is 0 Å². The second-order valence-electron chi connectivity index (χ2n) is 0. The van der Waals surface area contributed by atoms with Crippen molar-refractivity contribution in [2.45, 2.75) is 0 Å². The van der Waals surface area contributed by atoms with Gasteiger partial charge in [0.1, 0.15) is 0 Å². The van der Waals surface area contributed by atoms with Gasteiger partial charge in [-0.3, -0.25) is 0 Å². The Kier molecular flexibility index (Phi) is 206. The van der Waals surface area contributed by atoms with Gasteiger partial charge >= 0.3 is 109 Å². The molecule has 0 amide bonds. The quantitative estimate of drug-likeness (QED) is 0.406. The molecule has 0 aliphatic heterocycles. The minimum Gasteiger partial charge on any atom is -2.00 e. The van der Waals surface area contributed by atoms with Gasteiger partial charge in [0.25, 0.3) is 0 Å². The van der Waals surface area contributed by atoms with Crippen molar-refractivity contribution in [3.05, 3.63) is 0 Å². The summed E-state index contributed by atoms with van der Waals surface area (Å²) in [6, 6.07) is 0. The zero-order valence-electron chi connectivity index (χ0n) is 2.25. The van der Waals surface area contributed by atoms with E-state index >= 15 is 0 Å². The Morgan fingerprint density at radius 1 is 1.00 bits per heavy atom. The molecule has 0 saturated heterocycles. The smallest absolute Gasteiger partial charge is 2.00 e. The van der Waals surface area contributed by atoms with E-state index in [1.807, 2.05) is 0 Å². The van der Waals surface area contributed by atoms with E-state index in [1.165, 1.54) is 0 Å². The van der Waals surface area contributed by atoms with Crippen LogP contribution in [0.1, 0.15) is 0 Å². The van der Waals surface area contributed by atoms with Crippen LogP contribution in [-0.2, 0) is 39.3 Å². The SMILES string of the molecule is [Ba+2].[Bi+3].[Co+2].[Fe+2].[O-2]. The van der Waals surface area contributed by atoms with Gasteiger partial charge in [0.05, 0.1) is 0 Å². The third-order valence-electron chi connectivity index (χ3n) is 0. The molecule has 0 aliphatic rings. The van der Waals surface area contributed by atoms with Crippen molar-refractivity contribution >= 4 is 75.1 Å². The Bertz CT molecular complexity index is 11.6. The Morgan fingerprint density at radius 3 is 1.00 bits per heavy atom. The molecule has 0 atom stereocenters. The molecule has 0 aliphatic carbocycles. The molecule has 0 unspecified atom stereocenters. The van der Waals surface area contributed by atoms with Gasteiger partial charge in [-0.15, -0.1) is 0 Å². The van der Waals surface area contributed by atoms with Crippen LogP contribution in [-0.4, -0.2) is 75.1 Å². The van der Waals surface area contributed by atoms with Crippen LogP contribution in [0.3, 0.4) is 0 Å². The summed E-state index contributed by atoms with van der Waals surface area (Å²) in [6.07, 6.45) is 0. The zero-order chi connectivity index (χ0) is 0. The van der Waals surface area contributed by atoms with Crippen molar-refractivity contribution in [2.24, 2.45) is 0 Å². The van der Waals surface area contributed by atoms with Crippen molar-refractivity contribution in [2.75, 3.05) is 0 Å². The fraction of sp³-hybridized carbons (Fsp3) is 0. The molecular weight excluding hydrogens is 477 g/mol. The maximum atomic E-state index is 0. The molecular formula is BaBiCoFeO+7. The molecule has 0 rings (SSSR count). The van der Waals surface area contributed by atoms with Crippen molar-refractivity contribution in [1.29, 1.82) is 0 Å². The average Bonchev–Trinajstić information content (AvgIpc) is 0. The Balaban J connectivity index is 0. The first-order valence-electron chi connectivity index (χ1n) is 0. The molecule has 5 heteroatoms. The Morgan fingerprint density at radius 2 is 1.00 bits per heavy atom. The standard InChI is InChI=1S/Ba.Bi.Co.Fe.O/q+2;+3;2*+2;-2. The predicted octanol–water partition coefficient (Wildman–Crippen LogP) is -0.885. The van der Waals surface area contributed by atoms with E-state index in [0.717, 1.165) is 0 Å². The summed E-state index contributed by atoms with van der Waals surface area (Å²) < 4.78 is 0. The monoisotopic (exact) mass is 478 g/mol. The summed E-state index contributed by atoms with van der Waals surface area (Å²) in [5.74, 6) is 0. The van der Waals surface area contributed by atoms with Gasteiger partial charge in [0.2, 0.25) is 0 Å². The van der Waals surface area contributed by atoms with Crippen LogP contribution in [0.15, 0.2) is 0 Å². The van der Waals surface area contributed by atoms with E-state index in [1.54, 1.807) is 0 Å². The van der Waals surface area contributed by atoms with Crippen LogP contribution in [0.4, 0.5) is 0 Å². The molecule has 0 bridgehead atoms. The summed E-state index contributed by atoms with van der Waals surface area (Å²) in [5.41, 5.74) is 0. The summed E-state index contributed by atoms with van der Waals surface area (Å²) >= 11 is 0. The van der Waals surface area contributed by atoms with Gasteiger partial charge in [-0.25, -0.2) is 0 Å². The van der Waals surface area contributed by atoms with Gasteiger partial charge in [0, 0.05) is 0 Å². The van der Waals surface area contributed by atoms with Crippen molar-refractivity contribution in [3.8, 4) is 0 Å². The van der Waals surface area contributed by atoms with Crippen LogP contribution >= 0.6 is 0 Å². The Labute approximate surface area is 112 Å². The van der Waals surface area contributed by atoms with E-state index in [-0.39, 0.29) is 114 Å². The summed E-state index contributed by atoms with van der Waals surface area (Å²) in [5, 5.41) is 0. The maximum absolute atomic E-state index is 0. The van der Waals surface area contributed by atoms with Gasteiger partial charge in [-0.1, -0.05) is 0 Å². The predicted molar refractivity (Wildman–Crippen MR) is 12.2 cm³/mol. The average molecular weight is 477 g/mol. The largest absolute Gasteiger partial charge is 3.00 e. The minimum absolute atomic E-state index is 0. The minimum atomic E-state index is 0. The summed E-state index contributed by atoms with van der Waals surface area (Å²) in [6.45, 7) is 0. The Hall–Kier alpha value is 3.44. The van der Waals surface area contributed by atoms with Crippen LogP contribution in [0.5, 0.6) is 0 Å². The zero-order valence-corrected chi connectivity index (χ0v) is 12.3. The van der Waals surface area contributed by atoms with E-state index < -0.39 is 0 Å². The summed E-state index contributed by atoms with van der Waals surface area (Å²) in [7, 11) is 0. The number of hydrogen-bond donors (Lipinski definition) is 0. The number of hydrogen-bond acceptors (Lipinski definition) is 0. The fourth-order valence-electron chi connectivity index (χ4n) is 0. The molecule has 3 radical (unpaired) electrons. The number of rotatable bonds is 0. The molecule has 0 aromatic heterocycles. The van der Waals surface area contributed by atoms with Crippen LogP contribution in [0.25, 0.3) is 0 Å². The van der Waals surface area contributed by atoms with E-state index in [0.29, 0.717) is 0 Å². The van der Waals surface area contributed by atoms with Crippen molar-refractivity contribution < 1.29 is 39.3 Å². The molecule has 0 heterocycles.